The van der Waals surface area contributed by atoms with Gasteiger partial charge in [-0.2, -0.15) is 0 Å². The molecule has 128 valence electrons. The number of hydrogen-bond acceptors (Lipinski definition) is 3. The summed E-state index contributed by atoms with van der Waals surface area (Å²) in [6, 6.07) is 10.9. The maximum Gasteiger partial charge on any atom is 0.261 e. The van der Waals surface area contributed by atoms with E-state index in [2.05, 4.69) is 9.97 Å². The van der Waals surface area contributed by atoms with Gasteiger partial charge >= 0.3 is 0 Å². The van der Waals surface area contributed by atoms with Gasteiger partial charge in [-0.1, -0.05) is 19.1 Å². The largest absolute Gasteiger partial charge is 0.296 e. The number of aryl methyl sites for hydroxylation is 1. The van der Waals surface area contributed by atoms with Gasteiger partial charge in [0.05, 0.1) is 16.6 Å². The molecule has 3 aromatic rings. The fourth-order valence-corrected chi connectivity index (χ4v) is 3.27. The van der Waals surface area contributed by atoms with Crippen LogP contribution in [0.2, 0.25) is 0 Å². The van der Waals surface area contributed by atoms with Crippen molar-refractivity contribution in [3.8, 4) is 11.3 Å². The van der Waals surface area contributed by atoms with E-state index in [-0.39, 0.29) is 24.9 Å². The van der Waals surface area contributed by atoms with E-state index in [0.717, 1.165) is 11.3 Å². The highest BCUT2D eigenvalue weighted by Gasteiger charge is 2.39. The van der Waals surface area contributed by atoms with Crippen LogP contribution in [0.15, 0.2) is 47.4 Å². The van der Waals surface area contributed by atoms with E-state index in [4.69, 9.17) is 0 Å². The zero-order valence-corrected chi connectivity index (χ0v) is 13.7. The standard InChI is InChI=1S/C19H17F2N3O/c1-12-11-24-17(7-8-19(12,20)21)23-16-10-13(5-6-14(16)18(24)25)15-4-2-3-9-22-15/h2-6,9-10,12H,7-8,11H2,1H3. The zero-order chi connectivity index (χ0) is 17.6. The number of aromatic nitrogens is 3. The molecule has 1 aliphatic heterocycles. The molecule has 25 heavy (non-hydrogen) atoms. The molecule has 3 heterocycles. The van der Waals surface area contributed by atoms with Crippen molar-refractivity contribution in [2.45, 2.75) is 32.2 Å². The summed E-state index contributed by atoms with van der Waals surface area (Å²) in [5, 5.41) is 0.445. The van der Waals surface area contributed by atoms with E-state index in [1.165, 1.54) is 11.5 Å². The third-order valence-electron chi connectivity index (χ3n) is 4.85. The molecule has 0 spiro atoms. The SMILES string of the molecule is CC1Cn2c(nc3cc(-c4ccccn4)ccc3c2=O)CCC1(F)F. The summed E-state index contributed by atoms with van der Waals surface area (Å²) >= 11 is 0. The highest BCUT2D eigenvalue weighted by atomic mass is 19.3. The molecule has 0 saturated heterocycles. The van der Waals surface area contributed by atoms with E-state index >= 15 is 0 Å². The Balaban J connectivity index is 1.87. The summed E-state index contributed by atoms with van der Waals surface area (Å²) in [5.74, 6) is -3.25. The van der Waals surface area contributed by atoms with Gasteiger partial charge < -0.3 is 0 Å². The van der Waals surface area contributed by atoms with Crippen LogP contribution in [-0.4, -0.2) is 20.5 Å². The molecule has 2 aromatic heterocycles. The molecule has 0 amide bonds. The van der Waals surface area contributed by atoms with Crippen LogP contribution in [0.5, 0.6) is 0 Å². The fourth-order valence-electron chi connectivity index (χ4n) is 3.27. The van der Waals surface area contributed by atoms with Gasteiger partial charge in [-0.25, -0.2) is 13.8 Å². The monoisotopic (exact) mass is 341 g/mol. The van der Waals surface area contributed by atoms with Crippen LogP contribution in [0, 0.1) is 5.92 Å². The number of nitrogens with zero attached hydrogens (tertiary/aromatic N) is 3. The van der Waals surface area contributed by atoms with Gasteiger partial charge in [-0.15, -0.1) is 0 Å². The Hall–Kier alpha value is -2.63. The van der Waals surface area contributed by atoms with Crippen molar-refractivity contribution in [3.63, 3.8) is 0 Å². The molecule has 0 fully saturated rings. The lowest BCUT2D eigenvalue weighted by Crippen LogP contribution is -2.31. The van der Waals surface area contributed by atoms with Crippen LogP contribution in [-0.2, 0) is 13.0 Å². The lowest BCUT2D eigenvalue weighted by molar-refractivity contribution is -0.0593. The molecule has 0 saturated carbocycles. The van der Waals surface area contributed by atoms with Crippen LogP contribution >= 0.6 is 0 Å². The summed E-state index contributed by atoms with van der Waals surface area (Å²) < 4.78 is 29.5. The van der Waals surface area contributed by atoms with E-state index < -0.39 is 11.8 Å². The third kappa shape index (κ3) is 2.71. The fraction of sp³-hybridized carbons (Fsp3) is 0.316. The average Bonchev–Trinajstić information content (AvgIpc) is 2.73. The molecular formula is C19H17F2N3O. The predicted octanol–water partition coefficient (Wildman–Crippen LogP) is 3.68. The maximum atomic E-state index is 14.0. The van der Waals surface area contributed by atoms with Gasteiger partial charge in [0, 0.05) is 37.1 Å². The number of halogens is 2. The van der Waals surface area contributed by atoms with E-state index in [0.29, 0.717) is 16.7 Å². The van der Waals surface area contributed by atoms with E-state index in [9.17, 15) is 13.6 Å². The Labute approximate surface area is 143 Å². The smallest absolute Gasteiger partial charge is 0.261 e. The van der Waals surface area contributed by atoms with Crippen LogP contribution < -0.4 is 5.56 Å². The highest BCUT2D eigenvalue weighted by molar-refractivity contribution is 5.83. The lowest BCUT2D eigenvalue weighted by atomic mass is 10.0. The number of benzene rings is 1. The van der Waals surface area contributed by atoms with Gasteiger partial charge in [0.25, 0.3) is 11.5 Å². The summed E-state index contributed by atoms with van der Waals surface area (Å²) in [6.07, 6.45) is 1.50. The van der Waals surface area contributed by atoms with Gasteiger partial charge in [0.2, 0.25) is 0 Å². The second-order valence-electron chi connectivity index (χ2n) is 6.55. The van der Waals surface area contributed by atoms with Gasteiger partial charge in [-0.3, -0.25) is 14.3 Å². The van der Waals surface area contributed by atoms with Crippen molar-refractivity contribution in [3.05, 3.63) is 58.8 Å². The number of hydrogen-bond donors (Lipinski definition) is 0. The maximum absolute atomic E-state index is 14.0. The normalized spacial score (nSPS) is 19.4. The van der Waals surface area contributed by atoms with Crippen LogP contribution in [0.25, 0.3) is 22.2 Å². The lowest BCUT2D eigenvalue weighted by Gasteiger charge is -2.20. The Morgan fingerprint density at radius 2 is 2.08 bits per heavy atom. The minimum atomic E-state index is -2.79. The van der Waals surface area contributed by atoms with Crippen molar-refractivity contribution in [2.75, 3.05) is 0 Å². The molecule has 1 atom stereocenters. The molecule has 6 heteroatoms. The van der Waals surface area contributed by atoms with Crippen molar-refractivity contribution < 1.29 is 8.78 Å². The Kier molecular flexibility index (Phi) is 3.63. The molecule has 0 aliphatic carbocycles. The predicted molar refractivity (Wildman–Crippen MR) is 91.7 cm³/mol. The first-order valence-electron chi connectivity index (χ1n) is 8.28. The van der Waals surface area contributed by atoms with Crippen LogP contribution in [0.4, 0.5) is 8.78 Å². The Morgan fingerprint density at radius 1 is 1.24 bits per heavy atom. The molecule has 0 bridgehead atoms. The van der Waals surface area contributed by atoms with Crippen LogP contribution in [0.3, 0.4) is 0 Å². The molecule has 1 aliphatic rings. The topological polar surface area (TPSA) is 47.8 Å². The molecule has 4 rings (SSSR count). The second-order valence-corrected chi connectivity index (χ2v) is 6.55. The first kappa shape index (κ1) is 15.9. The second kappa shape index (κ2) is 5.72. The van der Waals surface area contributed by atoms with E-state index in [1.807, 2.05) is 24.3 Å². The number of fused-ring (bicyclic) bond motifs is 2. The summed E-state index contributed by atoms with van der Waals surface area (Å²) in [4.78, 5) is 21.6. The van der Waals surface area contributed by atoms with Crippen molar-refractivity contribution in [1.82, 2.24) is 14.5 Å². The first-order valence-corrected chi connectivity index (χ1v) is 8.28. The quantitative estimate of drug-likeness (QED) is 0.678. The van der Waals surface area contributed by atoms with Gasteiger partial charge in [0.15, 0.2) is 0 Å². The number of rotatable bonds is 1. The summed E-state index contributed by atoms with van der Waals surface area (Å²) in [5.41, 5.74) is 1.90. The summed E-state index contributed by atoms with van der Waals surface area (Å²) in [6.45, 7) is 1.47. The third-order valence-corrected chi connectivity index (χ3v) is 4.85. The number of pyridine rings is 1. The molecular weight excluding hydrogens is 324 g/mol. The summed E-state index contributed by atoms with van der Waals surface area (Å²) in [7, 11) is 0. The highest BCUT2D eigenvalue weighted by Crippen LogP contribution is 2.33. The first-order chi connectivity index (χ1) is 12.0. The Bertz CT molecular complexity index is 999. The zero-order valence-electron chi connectivity index (χ0n) is 13.7. The number of alkyl halides is 2. The van der Waals surface area contributed by atoms with E-state index in [1.54, 1.807) is 18.3 Å². The molecule has 0 radical (unpaired) electrons. The molecule has 0 N–H and O–H groups in total. The van der Waals surface area contributed by atoms with Crippen molar-refractivity contribution in [2.24, 2.45) is 5.92 Å². The molecule has 1 aromatic carbocycles. The minimum absolute atomic E-state index is 0.00784. The molecule has 1 unspecified atom stereocenters. The minimum Gasteiger partial charge on any atom is -0.296 e. The van der Waals surface area contributed by atoms with Crippen LogP contribution in [0.1, 0.15) is 19.2 Å². The van der Waals surface area contributed by atoms with Gasteiger partial charge in [0.1, 0.15) is 5.82 Å². The van der Waals surface area contributed by atoms with Crippen molar-refractivity contribution in [1.29, 1.82) is 0 Å². The average molecular weight is 341 g/mol. The van der Waals surface area contributed by atoms with Crippen molar-refractivity contribution >= 4 is 10.9 Å². The molecule has 4 nitrogen and oxygen atoms in total. The van der Waals surface area contributed by atoms with Gasteiger partial charge in [-0.05, 0) is 24.3 Å². The Morgan fingerprint density at radius 3 is 2.84 bits per heavy atom.